The molecule has 240 valence electrons. The Kier molecular flexibility index (Phi) is 11.3. The zero-order valence-corrected chi connectivity index (χ0v) is 29.6. The average molecular weight is 638 g/mol. The summed E-state index contributed by atoms with van der Waals surface area (Å²) in [4.78, 5) is 2.77. The first-order valence-electron chi connectivity index (χ1n) is 19.0. The summed E-state index contributed by atoms with van der Waals surface area (Å²) >= 11 is 0. The Labute approximate surface area is 277 Å². The summed E-state index contributed by atoms with van der Waals surface area (Å²) < 4.78 is 0. The molecule has 0 spiro atoms. The van der Waals surface area contributed by atoms with E-state index in [-0.39, 0.29) is 15.8 Å². The van der Waals surface area contributed by atoms with Gasteiger partial charge in [0.2, 0.25) is 0 Å². The van der Waals surface area contributed by atoms with Gasteiger partial charge in [-0.1, -0.05) is 147 Å². The molecule has 4 aliphatic carbocycles. The van der Waals surface area contributed by atoms with Crippen LogP contribution >= 0.6 is 15.8 Å². The van der Waals surface area contributed by atoms with Gasteiger partial charge in [0.1, 0.15) is 0 Å². The molecule has 0 heterocycles. The summed E-state index contributed by atoms with van der Waals surface area (Å²) in [5.74, 6) is 0. The Balaban J connectivity index is 1.37. The van der Waals surface area contributed by atoms with Crippen LogP contribution in [0.15, 0.2) is 78.9 Å². The van der Waals surface area contributed by atoms with Crippen molar-refractivity contribution < 1.29 is 0 Å². The third-order valence-electron chi connectivity index (χ3n) is 11.7. The first-order chi connectivity index (χ1) is 22.4. The van der Waals surface area contributed by atoms with Crippen LogP contribution in [0.3, 0.4) is 0 Å². The Bertz CT molecular complexity index is 1200. The Morgan fingerprint density at radius 1 is 0.356 bits per heavy atom. The molecule has 0 bridgehead atoms. The largest absolute Gasteiger partial charge is 0.309 e. The lowest BCUT2D eigenvalue weighted by atomic mass is 9.99. The van der Waals surface area contributed by atoms with Crippen molar-refractivity contribution in [2.75, 3.05) is 4.90 Å². The molecule has 4 aliphatic rings. The van der Waals surface area contributed by atoms with Crippen molar-refractivity contribution in [1.82, 2.24) is 0 Å². The van der Waals surface area contributed by atoms with Crippen LogP contribution in [0.25, 0.3) is 0 Å². The summed E-state index contributed by atoms with van der Waals surface area (Å²) in [6.45, 7) is 0. The SMILES string of the molecule is c1ccc(N(c2ccccc2P(C2CCCCC2)C2CCCCC2)c2ccccc2P(C2CCCCC2)C2CCCCC2)cc1. The van der Waals surface area contributed by atoms with E-state index in [1.165, 1.54) is 145 Å². The van der Waals surface area contributed by atoms with Crippen molar-refractivity contribution >= 4 is 43.5 Å². The minimum absolute atomic E-state index is 0.212. The first-order valence-corrected chi connectivity index (χ1v) is 21.9. The van der Waals surface area contributed by atoms with Crippen LogP contribution in [-0.2, 0) is 0 Å². The summed E-state index contributed by atoms with van der Waals surface area (Å²) in [6.07, 6.45) is 28.9. The fourth-order valence-corrected chi connectivity index (χ4v) is 17.4. The third-order valence-corrected chi connectivity index (χ3v) is 18.8. The Morgan fingerprint density at radius 3 is 1.02 bits per heavy atom. The molecular formula is C42H57NP2. The molecule has 0 aliphatic heterocycles. The second-order valence-corrected chi connectivity index (χ2v) is 20.1. The molecule has 1 nitrogen and oxygen atoms in total. The Morgan fingerprint density at radius 2 is 0.667 bits per heavy atom. The number of hydrogen-bond acceptors (Lipinski definition) is 1. The molecule has 0 amide bonds. The molecule has 7 rings (SSSR count). The van der Waals surface area contributed by atoms with Gasteiger partial charge in [0, 0.05) is 16.3 Å². The molecule has 0 saturated heterocycles. The molecule has 0 atom stereocenters. The molecule has 3 aromatic rings. The second-order valence-electron chi connectivity index (χ2n) is 14.6. The minimum atomic E-state index is -0.212. The van der Waals surface area contributed by atoms with Gasteiger partial charge in [-0.3, -0.25) is 0 Å². The molecule has 0 radical (unpaired) electrons. The highest BCUT2D eigenvalue weighted by Crippen LogP contribution is 2.59. The van der Waals surface area contributed by atoms with Crippen molar-refractivity contribution in [2.45, 2.75) is 151 Å². The summed E-state index contributed by atoms with van der Waals surface area (Å²) in [5.41, 5.74) is 7.93. The molecule has 0 unspecified atom stereocenters. The van der Waals surface area contributed by atoms with Crippen molar-refractivity contribution in [3.8, 4) is 0 Å². The van der Waals surface area contributed by atoms with E-state index in [0.29, 0.717) is 0 Å². The zero-order valence-electron chi connectivity index (χ0n) is 27.8. The molecule has 4 saturated carbocycles. The molecule has 4 fully saturated rings. The summed E-state index contributed by atoms with van der Waals surface area (Å²) in [7, 11) is -0.423. The molecule has 3 heteroatoms. The lowest BCUT2D eigenvalue weighted by Crippen LogP contribution is -2.31. The van der Waals surface area contributed by atoms with Crippen LogP contribution in [0.4, 0.5) is 17.1 Å². The van der Waals surface area contributed by atoms with Gasteiger partial charge in [-0.2, -0.15) is 0 Å². The van der Waals surface area contributed by atoms with E-state index in [4.69, 9.17) is 0 Å². The number of anilines is 3. The molecular weight excluding hydrogens is 580 g/mol. The van der Waals surface area contributed by atoms with Crippen LogP contribution in [0.2, 0.25) is 0 Å². The van der Waals surface area contributed by atoms with Crippen molar-refractivity contribution in [1.29, 1.82) is 0 Å². The van der Waals surface area contributed by atoms with Gasteiger partial charge in [-0.15, -0.1) is 0 Å². The van der Waals surface area contributed by atoms with Gasteiger partial charge < -0.3 is 4.90 Å². The third kappa shape index (κ3) is 7.42. The van der Waals surface area contributed by atoms with E-state index in [1.54, 1.807) is 10.6 Å². The smallest absolute Gasteiger partial charge is 0.0538 e. The highest BCUT2D eigenvalue weighted by atomic mass is 31.1. The fraction of sp³-hybridized carbons (Fsp3) is 0.571. The average Bonchev–Trinajstić information content (AvgIpc) is 3.12. The quantitative estimate of drug-likeness (QED) is 0.211. The monoisotopic (exact) mass is 637 g/mol. The predicted octanol–water partition coefficient (Wildman–Crippen LogP) is 12.7. The number of para-hydroxylation sites is 3. The van der Waals surface area contributed by atoms with Gasteiger partial charge >= 0.3 is 0 Å². The van der Waals surface area contributed by atoms with E-state index >= 15 is 0 Å². The van der Waals surface area contributed by atoms with Gasteiger partial charge in [-0.25, -0.2) is 0 Å². The maximum Gasteiger partial charge on any atom is 0.0538 e. The van der Waals surface area contributed by atoms with E-state index in [1.807, 2.05) is 0 Å². The van der Waals surface area contributed by atoms with Gasteiger partial charge in [-0.05, 0) is 98.3 Å². The van der Waals surface area contributed by atoms with Gasteiger partial charge in [0.15, 0.2) is 0 Å². The van der Waals surface area contributed by atoms with E-state index in [2.05, 4.69) is 83.8 Å². The highest BCUT2D eigenvalue weighted by Gasteiger charge is 2.37. The second kappa shape index (κ2) is 15.9. The van der Waals surface area contributed by atoms with E-state index in [0.717, 1.165) is 22.6 Å². The van der Waals surface area contributed by atoms with Crippen LogP contribution in [-0.4, -0.2) is 22.6 Å². The van der Waals surface area contributed by atoms with E-state index < -0.39 is 0 Å². The van der Waals surface area contributed by atoms with Gasteiger partial charge in [0.25, 0.3) is 0 Å². The van der Waals surface area contributed by atoms with Crippen molar-refractivity contribution in [3.63, 3.8) is 0 Å². The fourth-order valence-electron chi connectivity index (χ4n) is 9.55. The maximum absolute atomic E-state index is 2.77. The predicted molar refractivity (Wildman–Crippen MR) is 202 cm³/mol. The lowest BCUT2D eigenvalue weighted by molar-refractivity contribution is 0.487. The van der Waals surface area contributed by atoms with Crippen LogP contribution in [0.1, 0.15) is 128 Å². The van der Waals surface area contributed by atoms with Gasteiger partial charge in [0.05, 0.1) is 11.4 Å². The summed E-state index contributed by atoms with van der Waals surface area (Å²) in [6, 6.07) is 31.2. The molecule has 0 N–H and O–H groups in total. The maximum atomic E-state index is 2.77. The normalized spacial score (nSPS) is 21.4. The van der Waals surface area contributed by atoms with Crippen LogP contribution in [0.5, 0.6) is 0 Å². The summed E-state index contributed by atoms with van der Waals surface area (Å²) in [5, 5.41) is 3.43. The number of nitrogens with zero attached hydrogens (tertiary/aromatic N) is 1. The number of rotatable bonds is 9. The zero-order chi connectivity index (χ0) is 30.3. The van der Waals surface area contributed by atoms with Crippen LogP contribution in [0, 0.1) is 0 Å². The highest BCUT2D eigenvalue weighted by molar-refractivity contribution is 7.67. The molecule has 3 aromatic carbocycles. The van der Waals surface area contributed by atoms with E-state index in [9.17, 15) is 0 Å². The number of hydrogen-bond donors (Lipinski definition) is 0. The standard InChI is InChI=1S/C42H57NP2/c1-6-20-34(21-7-1)43(39-30-16-18-32-41(39)44(35-22-8-2-9-23-35)36-24-10-3-11-25-36)40-31-17-19-33-42(40)45(37-26-12-4-13-27-37)38-28-14-5-15-29-38/h1,6-7,16-21,30-33,35-38H,2-5,8-15,22-29H2. The first kappa shape index (κ1) is 31.9. The van der Waals surface area contributed by atoms with Crippen molar-refractivity contribution in [2.24, 2.45) is 0 Å². The topological polar surface area (TPSA) is 3.24 Å². The molecule has 0 aromatic heterocycles. The molecule has 45 heavy (non-hydrogen) atoms. The number of benzene rings is 3. The minimum Gasteiger partial charge on any atom is -0.309 e. The van der Waals surface area contributed by atoms with Crippen LogP contribution < -0.4 is 15.5 Å². The van der Waals surface area contributed by atoms with Crippen molar-refractivity contribution in [3.05, 3.63) is 78.9 Å². The lowest BCUT2D eigenvalue weighted by Gasteiger charge is -2.43. The Hall–Kier alpha value is -1.68.